The Kier molecular flexibility index (Phi) is 4.07. The molecule has 0 aliphatic heterocycles. The van der Waals surface area contributed by atoms with Gasteiger partial charge in [0.1, 0.15) is 5.25 Å². The van der Waals surface area contributed by atoms with Gasteiger partial charge in [0, 0.05) is 6.42 Å². The molecule has 1 fully saturated rings. The van der Waals surface area contributed by atoms with Gasteiger partial charge >= 0.3 is 5.97 Å². The van der Waals surface area contributed by atoms with Crippen LogP contribution in [0.4, 0.5) is 0 Å². The molecule has 0 amide bonds. The first-order valence-electron chi connectivity index (χ1n) is 5.80. The molecule has 0 aromatic heterocycles. The Bertz CT molecular complexity index is 380. The van der Waals surface area contributed by atoms with Gasteiger partial charge in [0.15, 0.2) is 0 Å². The van der Waals surface area contributed by atoms with E-state index in [1.54, 1.807) is 0 Å². The summed E-state index contributed by atoms with van der Waals surface area (Å²) in [6, 6.07) is 10.2. The molecule has 3 atom stereocenters. The zero-order valence-corrected chi connectivity index (χ0v) is 10.4. The summed E-state index contributed by atoms with van der Waals surface area (Å²) in [5.74, 6) is -0.739. The Labute approximate surface area is 104 Å². The fourth-order valence-electron chi connectivity index (χ4n) is 2.45. The van der Waals surface area contributed by atoms with E-state index in [-0.39, 0.29) is 11.0 Å². The number of aliphatic carboxylic acids is 1. The van der Waals surface area contributed by atoms with Crippen LogP contribution in [0.2, 0.25) is 0 Å². The van der Waals surface area contributed by atoms with Crippen LogP contribution in [0.25, 0.3) is 0 Å². The molecule has 0 heterocycles. The molecule has 3 nitrogen and oxygen atoms in total. The Balaban J connectivity index is 1.94. The van der Waals surface area contributed by atoms with E-state index < -0.39 is 17.1 Å². The normalized spacial score (nSPS) is 25.7. The first kappa shape index (κ1) is 12.5. The van der Waals surface area contributed by atoms with Crippen LogP contribution < -0.4 is 0 Å². The van der Waals surface area contributed by atoms with Gasteiger partial charge in [-0.2, -0.15) is 0 Å². The third-order valence-electron chi connectivity index (χ3n) is 3.29. The lowest BCUT2D eigenvalue weighted by molar-refractivity contribution is -0.134. The highest BCUT2D eigenvalue weighted by molar-refractivity contribution is 7.92. The highest BCUT2D eigenvalue weighted by Crippen LogP contribution is 2.37. The molecule has 1 N–H and O–H groups in total. The van der Waals surface area contributed by atoms with Gasteiger partial charge in [-0.15, -0.1) is 0 Å². The van der Waals surface area contributed by atoms with E-state index in [0.717, 1.165) is 19.3 Å². The number of carbonyl (C=O) groups is 1. The van der Waals surface area contributed by atoms with Crippen molar-refractivity contribution in [3.63, 3.8) is 0 Å². The Hall–Kier alpha value is -1.00. The van der Waals surface area contributed by atoms with Crippen molar-refractivity contribution in [2.45, 2.75) is 30.4 Å². The molecule has 1 aliphatic rings. The topological polar surface area (TPSA) is 60.4 Å². The summed E-state index contributed by atoms with van der Waals surface area (Å²) in [6.07, 6.45) is 2.74. The molecule has 1 aliphatic carbocycles. The van der Waals surface area contributed by atoms with Crippen molar-refractivity contribution in [2.24, 2.45) is 0 Å². The van der Waals surface area contributed by atoms with Gasteiger partial charge in [0.2, 0.25) is 5.75 Å². The third-order valence-corrected chi connectivity index (χ3v) is 5.00. The van der Waals surface area contributed by atoms with Crippen molar-refractivity contribution in [1.29, 1.82) is 0 Å². The average Bonchev–Trinajstić information content (AvgIpc) is 2.78. The second kappa shape index (κ2) is 5.56. The summed E-state index contributed by atoms with van der Waals surface area (Å²) >= 11 is -1.22. The maximum absolute atomic E-state index is 11.8. The number of benzene rings is 1. The zero-order valence-electron chi connectivity index (χ0n) is 9.54. The molecule has 3 unspecified atom stereocenters. The highest BCUT2D eigenvalue weighted by Gasteiger charge is 2.34. The fourth-order valence-corrected chi connectivity index (χ4v) is 3.77. The van der Waals surface area contributed by atoms with E-state index >= 15 is 0 Å². The van der Waals surface area contributed by atoms with Crippen molar-refractivity contribution in [2.75, 3.05) is 5.75 Å². The summed E-state index contributed by atoms with van der Waals surface area (Å²) in [5, 5.41) is 8.69. The number of carboxylic acid groups (broad SMARTS) is 1. The molecule has 0 bridgehead atoms. The van der Waals surface area contributed by atoms with Crippen molar-refractivity contribution in [1.82, 2.24) is 0 Å². The van der Waals surface area contributed by atoms with Gasteiger partial charge < -0.3 is 9.66 Å². The van der Waals surface area contributed by atoms with Crippen LogP contribution >= 0.6 is 0 Å². The number of carboxylic acids is 1. The Morgan fingerprint density at radius 3 is 2.71 bits per heavy atom. The van der Waals surface area contributed by atoms with Crippen LogP contribution in [0.5, 0.6) is 0 Å². The van der Waals surface area contributed by atoms with E-state index in [2.05, 4.69) is 12.1 Å². The molecule has 0 spiro atoms. The first-order chi connectivity index (χ1) is 8.16. The monoisotopic (exact) mass is 252 g/mol. The SMILES string of the molecule is O=C(O)C[S+]([O-])C1CCC(c2ccccc2)C1. The quantitative estimate of drug-likeness (QED) is 0.835. The Morgan fingerprint density at radius 1 is 1.35 bits per heavy atom. The van der Waals surface area contributed by atoms with Crippen molar-refractivity contribution in [3.05, 3.63) is 35.9 Å². The molecule has 4 heteroatoms. The minimum absolute atomic E-state index is 0.0521. The van der Waals surface area contributed by atoms with Gasteiger partial charge in [0.05, 0.1) is 0 Å². The van der Waals surface area contributed by atoms with Crippen molar-refractivity contribution < 1.29 is 14.5 Å². The zero-order chi connectivity index (χ0) is 12.3. The summed E-state index contributed by atoms with van der Waals surface area (Å²) in [4.78, 5) is 10.5. The van der Waals surface area contributed by atoms with Gasteiger partial charge in [-0.25, -0.2) is 4.79 Å². The lowest BCUT2D eigenvalue weighted by Gasteiger charge is -2.16. The van der Waals surface area contributed by atoms with E-state index in [9.17, 15) is 9.35 Å². The average molecular weight is 252 g/mol. The van der Waals surface area contributed by atoms with Crippen LogP contribution in [0.3, 0.4) is 0 Å². The second-order valence-electron chi connectivity index (χ2n) is 4.46. The molecular weight excluding hydrogens is 236 g/mol. The number of rotatable bonds is 4. The lowest BCUT2D eigenvalue weighted by atomic mass is 9.98. The fraction of sp³-hybridized carbons (Fsp3) is 0.462. The van der Waals surface area contributed by atoms with Crippen molar-refractivity contribution >= 4 is 17.1 Å². The maximum Gasteiger partial charge on any atom is 0.353 e. The molecule has 2 rings (SSSR count). The molecule has 1 saturated carbocycles. The Morgan fingerprint density at radius 2 is 2.06 bits per heavy atom. The largest absolute Gasteiger partial charge is 0.616 e. The molecule has 1 aromatic carbocycles. The molecule has 92 valence electrons. The van der Waals surface area contributed by atoms with Gasteiger partial charge in [-0.05, 0) is 35.5 Å². The van der Waals surface area contributed by atoms with Crippen molar-refractivity contribution in [3.8, 4) is 0 Å². The number of hydrogen-bond acceptors (Lipinski definition) is 2. The molecule has 17 heavy (non-hydrogen) atoms. The minimum atomic E-state index is -1.22. The highest BCUT2D eigenvalue weighted by atomic mass is 32.2. The summed E-state index contributed by atoms with van der Waals surface area (Å²) in [7, 11) is 0. The first-order valence-corrected chi connectivity index (χ1v) is 7.19. The number of hydrogen-bond donors (Lipinski definition) is 1. The molecular formula is C13H16O3S. The minimum Gasteiger partial charge on any atom is -0.616 e. The smallest absolute Gasteiger partial charge is 0.353 e. The van der Waals surface area contributed by atoms with Gasteiger partial charge in [0.25, 0.3) is 0 Å². The summed E-state index contributed by atoms with van der Waals surface area (Å²) < 4.78 is 11.8. The lowest BCUT2D eigenvalue weighted by Crippen LogP contribution is -2.25. The van der Waals surface area contributed by atoms with Crippen LogP contribution in [-0.2, 0) is 16.0 Å². The molecule has 1 aromatic rings. The maximum atomic E-state index is 11.8. The van der Waals surface area contributed by atoms with Crippen LogP contribution in [0.15, 0.2) is 30.3 Å². The summed E-state index contributed by atoms with van der Waals surface area (Å²) in [5.41, 5.74) is 1.28. The molecule has 0 saturated heterocycles. The summed E-state index contributed by atoms with van der Waals surface area (Å²) in [6.45, 7) is 0. The predicted molar refractivity (Wildman–Crippen MR) is 67.5 cm³/mol. The van der Waals surface area contributed by atoms with E-state index in [4.69, 9.17) is 5.11 Å². The predicted octanol–water partition coefficient (Wildman–Crippen LogP) is 2.16. The molecule has 0 radical (unpaired) electrons. The van der Waals surface area contributed by atoms with Crippen LogP contribution in [0.1, 0.15) is 30.7 Å². The van der Waals surface area contributed by atoms with Crippen LogP contribution in [-0.4, -0.2) is 26.6 Å². The van der Waals surface area contributed by atoms with Crippen LogP contribution in [0, 0.1) is 0 Å². The van der Waals surface area contributed by atoms with Gasteiger partial charge in [-0.1, -0.05) is 30.3 Å². The van der Waals surface area contributed by atoms with Gasteiger partial charge in [-0.3, -0.25) is 0 Å². The third kappa shape index (κ3) is 3.23. The van der Waals surface area contributed by atoms with E-state index in [1.165, 1.54) is 5.56 Å². The standard InChI is InChI=1S/C13H16O3S/c14-13(15)9-17(16)12-7-6-11(8-12)10-4-2-1-3-5-10/h1-5,11-12H,6-9H2,(H,14,15). The second-order valence-corrected chi connectivity index (χ2v) is 6.18. The van der Waals surface area contributed by atoms with E-state index in [0.29, 0.717) is 5.92 Å². The van der Waals surface area contributed by atoms with E-state index in [1.807, 2.05) is 18.2 Å².